The molecule has 0 radical (unpaired) electrons. The van der Waals surface area contributed by atoms with Crippen molar-refractivity contribution < 1.29 is 29.5 Å². The Hall–Kier alpha value is -0.240. The molecule has 0 aromatic heterocycles. The molecule has 0 saturated carbocycles. The van der Waals surface area contributed by atoms with Gasteiger partial charge in [0.25, 0.3) is 0 Å². The van der Waals surface area contributed by atoms with Gasteiger partial charge in [-0.1, -0.05) is 0 Å². The lowest BCUT2D eigenvalue weighted by Gasteiger charge is -2.35. The van der Waals surface area contributed by atoms with E-state index in [1.807, 2.05) is 0 Å². The van der Waals surface area contributed by atoms with Crippen LogP contribution in [0.25, 0.3) is 0 Å². The van der Waals surface area contributed by atoms with E-state index < -0.39 is 18.5 Å². The zero-order valence-corrected chi connectivity index (χ0v) is 9.70. The Bertz CT molecular complexity index is 236. The summed E-state index contributed by atoms with van der Waals surface area (Å²) in [5.41, 5.74) is 0. The Morgan fingerprint density at radius 3 is 2.59 bits per heavy atom. The first kappa shape index (κ1) is 13.2. The zero-order valence-electron chi connectivity index (χ0n) is 9.70. The molecule has 2 heterocycles. The number of ether oxygens (including phenoxy) is 3. The Labute approximate surface area is 100 Å². The van der Waals surface area contributed by atoms with Crippen LogP contribution in [-0.4, -0.2) is 65.8 Å². The molecule has 0 amide bonds. The molecule has 0 aliphatic carbocycles. The van der Waals surface area contributed by atoms with Crippen LogP contribution in [0.3, 0.4) is 0 Å². The van der Waals surface area contributed by atoms with Gasteiger partial charge in [-0.05, 0) is 0 Å². The van der Waals surface area contributed by atoms with Gasteiger partial charge in [-0.15, -0.1) is 0 Å². The molecule has 1 unspecified atom stereocenters. The largest absolute Gasteiger partial charge is 0.394 e. The van der Waals surface area contributed by atoms with Crippen molar-refractivity contribution in [3.05, 3.63) is 0 Å². The van der Waals surface area contributed by atoms with Crippen LogP contribution in [0.15, 0.2) is 0 Å². The van der Waals surface area contributed by atoms with E-state index in [1.165, 1.54) is 0 Å². The average Bonchev–Trinajstić information content (AvgIpc) is 2.28. The van der Waals surface area contributed by atoms with Crippen LogP contribution in [0.4, 0.5) is 0 Å². The van der Waals surface area contributed by atoms with Crippen molar-refractivity contribution >= 4 is 0 Å². The third-order valence-electron chi connectivity index (χ3n) is 3.04. The SMILES string of the molecule is OCC1C[C@@H](O)C[C@@H](O[C@H]2COC[C@@H](O)C2)O1. The normalized spacial score (nSPS) is 43.6. The minimum Gasteiger partial charge on any atom is -0.394 e. The molecule has 2 saturated heterocycles. The number of aliphatic hydroxyl groups excluding tert-OH is 3. The molecule has 17 heavy (non-hydrogen) atoms. The predicted molar refractivity (Wildman–Crippen MR) is 57.3 cm³/mol. The quantitative estimate of drug-likeness (QED) is 0.594. The molecule has 0 bridgehead atoms. The lowest BCUT2D eigenvalue weighted by Crippen LogP contribution is -2.43. The van der Waals surface area contributed by atoms with Gasteiger partial charge in [0.15, 0.2) is 6.29 Å². The van der Waals surface area contributed by atoms with Gasteiger partial charge < -0.3 is 29.5 Å². The number of rotatable bonds is 3. The second-order valence-electron chi connectivity index (χ2n) is 4.68. The maximum atomic E-state index is 9.61. The molecule has 2 fully saturated rings. The second-order valence-corrected chi connectivity index (χ2v) is 4.68. The van der Waals surface area contributed by atoms with Gasteiger partial charge in [0.2, 0.25) is 0 Å². The Kier molecular flexibility index (Phi) is 4.72. The van der Waals surface area contributed by atoms with Gasteiger partial charge in [-0.3, -0.25) is 0 Å². The molecule has 0 aromatic carbocycles. The monoisotopic (exact) mass is 248 g/mol. The van der Waals surface area contributed by atoms with Crippen LogP contribution in [0.1, 0.15) is 19.3 Å². The summed E-state index contributed by atoms with van der Waals surface area (Å²) in [5, 5.41) is 28.1. The number of hydrogen-bond donors (Lipinski definition) is 3. The van der Waals surface area contributed by atoms with E-state index in [0.717, 1.165) is 0 Å². The van der Waals surface area contributed by atoms with Crippen LogP contribution < -0.4 is 0 Å². The van der Waals surface area contributed by atoms with E-state index in [-0.39, 0.29) is 18.8 Å². The van der Waals surface area contributed by atoms with E-state index in [4.69, 9.17) is 19.3 Å². The fourth-order valence-corrected chi connectivity index (χ4v) is 2.24. The number of hydrogen-bond acceptors (Lipinski definition) is 6. The summed E-state index contributed by atoms with van der Waals surface area (Å²) >= 11 is 0. The highest BCUT2D eigenvalue weighted by molar-refractivity contribution is 4.75. The van der Waals surface area contributed by atoms with E-state index in [2.05, 4.69) is 0 Å². The smallest absolute Gasteiger partial charge is 0.161 e. The molecule has 5 atom stereocenters. The summed E-state index contributed by atoms with van der Waals surface area (Å²) in [4.78, 5) is 0. The van der Waals surface area contributed by atoms with E-state index in [9.17, 15) is 10.2 Å². The van der Waals surface area contributed by atoms with Crippen molar-refractivity contribution in [2.45, 2.75) is 50.0 Å². The van der Waals surface area contributed by atoms with Gasteiger partial charge in [-0.25, -0.2) is 0 Å². The maximum absolute atomic E-state index is 9.61. The van der Waals surface area contributed by atoms with Crippen LogP contribution in [-0.2, 0) is 14.2 Å². The van der Waals surface area contributed by atoms with Crippen molar-refractivity contribution in [2.24, 2.45) is 0 Å². The van der Waals surface area contributed by atoms with Crippen molar-refractivity contribution in [2.75, 3.05) is 19.8 Å². The summed E-state index contributed by atoms with van der Waals surface area (Å²) in [6.07, 6.45) is -0.805. The van der Waals surface area contributed by atoms with Crippen LogP contribution in [0, 0.1) is 0 Å². The van der Waals surface area contributed by atoms with Crippen molar-refractivity contribution in [1.29, 1.82) is 0 Å². The average molecular weight is 248 g/mol. The van der Waals surface area contributed by atoms with Crippen molar-refractivity contribution in [3.63, 3.8) is 0 Å². The first-order chi connectivity index (χ1) is 8.17. The highest BCUT2D eigenvalue weighted by Crippen LogP contribution is 2.23. The molecule has 6 nitrogen and oxygen atoms in total. The molecular weight excluding hydrogens is 228 g/mol. The summed E-state index contributed by atoms with van der Waals surface area (Å²) in [7, 11) is 0. The fourth-order valence-electron chi connectivity index (χ4n) is 2.24. The minimum absolute atomic E-state index is 0.124. The second kappa shape index (κ2) is 6.08. The molecule has 2 rings (SSSR count). The molecule has 0 spiro atoms. The van der Waals surface area contributed by atoms with E-state index in [0.29, 0.717) is 32.5 Å². The zero-order chi connectivity index (χ0) is 12.3. The summed E-state index contributed by atoms with van der Waals surface area (Å²) in [6.45, 7) is 0.644. The van der Waals surface area contributed by atoms with Gasteiger partial charge in [0.05, 0.1) is 44.2 Å². The first-order valence-electron chi connectivity index (χ1n) is 6.03. The predicted octanol–water partition coefficient (Wildman–Crippen LogP) is -0.989. The Morgan fingerprint density at radius 1 is 1.06 bits per heavy atom. The molecule has 2 aliphatic rings. The highest BCUT2D eigenvalue weighted by atomic mass is 16.7. The van der Waals surface area contributed by atoms with Crippen molar-refractivity contribution in [3.8, 4) is 0 Å². The molecule has 0 aromatic rings. The Balaban J connectivity index is 1.80. The summed E-state index contributed by atoms with van der Waals surface area (Å²) in [5.74, 6) is 0. The number of aliphatic hydroxyl groups is 3. The minimum atomic E-state index is -0.533. The first-order valence-corrected chi connectivity index (χ1v) is 6.03. The van der Waals surface area contributed by atoms with E-state index >= 15 is 0 Å². The highest BCUT2D eigenvalue weighted by Gasteiger charge is 2.32. The molecule has 2 aliphatic heterocycles. The maximum Gasteiger partial charge on any atom is 0.161 e. The summed E-state index contributed by atoms with van der Waals surface area (Å²) < 4.78 is 16.3. The molecular formula is C11H20O6. The lowest BCUT2D eigenvalue weighted by atomic mass is 10.1. The standard InChI is InChI=1S/C11H20O6/c12-4-9-1-7(13)3-11(16-9)17-10-2-8(14)5-15-6-10/h7-14H,1-6H2/t7-,8+,9?,10-,11-/m1/s1. The van der Waals surface area contributed by atoms with Crippen LogP contribution in [0.2, 0.25) is 0 Å². The van der Waals surface area contributed by atoms with Crippen LogP contribution in [0.5, 0.6) is 0 Å². The lowest BCUT2D eigenvalue weighted by molar-refractivity contribution is -0.254. The van der Waals surface area contributed by atoms with Crippen LogP contribution >= 0.6 is 0 Å². The van der Waals surface area contributed by atoms with Crippen molar-refractivity contribution in [1.82, 2.24) is 0 Å². The third kappa shape index (κ3) is 3.87. The van der Waals surface area contributed by atoms with Gasteiger partial charge >= 0.3 is 0 Å². The Morgan fingerprint density at radius 2 is 1.88 bits per heavy atom. The molecule has 100 valence electrons. The fraction of sp³-hybridized carbons (Fsp3) is 1.00. The van der Waals surface area contributed by atoms with Gasteiger partial charge in [0, 0.05) is 19.3 Å². The third-order valence-corrected chi connectivity index (χ3v) is 3.04. The topological polar surface area (TPSA) is 88.4 Å². The summed E-state index contributed by atoms with van der Waals surface area (Å²) in [6, 6.07) is 0. The molecule has 6 heteroatoms. The molecule has 3 N–H and O–H groups in total. The van der Waals surface area contributed by atoms with Gasteiger partial charge in [0.1, 0.15) is 0 Å². The van der Waals surface area contributed by atoms with E-state index in [1.54, 1.807) is 0 Å². The van der Waals surface area contributed by atoms with Gasteiger partial charge in [-0.2, -0.15) is 0 Å².